The Morgan fingerprint density at radius 3 is 2.19 bits per heavy atom. The van der Waals surface area contributed by atoms with Crippen LogP contribution in [-0.2, 0) is 9.78 Å². The van der Waals surface area contributed by atoms with Gasteiger partial charge in [-0.2, -0.15) is 0 Å². The first-order chi connectivity index (χ1) is 7.93. The van der Waals surface area contributed by atoms with E-state index in [4.69, 9.17) is 9.78 Å². The van der Waals surface area contributed by atoms with Gasteiger partial charge in [0.1, 0.15) is 0 Å². The average molecular weight is 228 g/mol. The van der Waals surface area contributed by atoms with Crippen molar-refractivity contribution in [3.63, 3.8) is 0 Å². The number of rotatable bonds is 2. The lowest BCUT2D eigenvalue weighted by atomic mass is 10.0. The summed E-state index contributed by atoms with van der Waals surface area (Å²) in [7, 11) is 0. The molecule has 1 rings (SSSR count). The quantitative estimate of drug-likeness (QED) is 0.642. The molecule has 0 aromatic rings. The van der Waals surface area contributed by atoms with E-state index >= 15 is 0 Å². The third kappa shape index (κ3) is 7.24. The average Bonchev–Trinajstić information content (AvgIpc) is 2.31. The van der Waals surface area contributed by atoms with E-state index in [0.29, 0.717) is 6.10 Å². The predicted molar refractivity (Wildman–Crippen MR) is 67.3 cm³/mol. The molecule has 0 radical (unpaired) electrons. The summed E-state index contributed by atoms with van der Waals surface area (Å²) in [6.45, 7) is 2.99. The van der Waals surface area contributed by atoms with Crippen molar-refractivity contribution in [2.75, 3.05) is 6.61 Å². The monoisotopic (exact) mass is 228 g/mol. The summed E-state index contributed by atoms with van der Waals surface area (Å²) < 4.78 is 0. The normalized spacial score (nSPS) is 26.4. The van der Waals surface area contributed by atoms with Gasteiger partial charge in [-0.25, -0.2) is 9.78 Å². The van der Waals surface area contributed by atoms with Crippen molar-refractivity contribution in [2.24, 2.45) is 0 Å². The van der Waals surface area contributed by atoms with Crippen LogP contribution in [0, 0.1) is 0 Å². The number of hydrogen-bond donors (Lipinski definition) is 0. The summed E-state index contributed by atoms with van der Waals surface area (Å²) in [4.78, 5) is 10.8. The van der Waals surface area contributed by atoms with E-state index in [9.17, 15) is 0 Å². The molecule has 1 aliphatic heterocycles. The Morgan fingerprint density at radius 1 is 0.875 bits per heavy atom. The Kier molecular flexibility index (Phi) is 8.83. The molecule has 0 saturated carbocycles. The van der Waals surface area contributed by atoms with Gasteiger partial charge >= 0.3 is 0 Å². The van der Waals surface area contributed by atoms with Crippen molar-refractivity contribution >= 4 is 0 Å². The van der Waals surface area contributed by atoms with E-state index in [1.807, 2.05) is 0 Å². The van der Waals surface area contributed by atoms with Crippen molar-refractivity contribution in [1.82, 2.24) is 0 Å². The first-order valence-electron chi connectivity index (χ1n) is 7.21. The topological polar surface area (TPSA) is 18.5 Å². The van der Waals surface area contributed by atoms with Crippen LogP contribution in [0.4, 0.5) is 0 Å². The van der Waals surface area contributed by atoms with Gasteiger partial charge in [-0.3, -0.25) is 0 Å². The minimum absolute atomic E-state index is 0.339. The van der Waals surface area contributed by atoms with Crippen molar-refractivity contribution in [1.29, 1.82) is 0 Å². The van der Waals surface area contributed by atoms with Crippen LogP contribution in [0.15, 0.2) is 0 Å². The minimum atomic E-state index is 0.339. The molecule has 0 aliphatic carbocycles. The molecule has 1 fully saturated rings. The lowest BCUT2D eigenvalue weighted by Crippen LogP contribution is -2.13. The predicted octanol–water partition coefficient (Wildman–Crippen LogP) is 4.63. The zero-order chi connectivity index (χ0) is 11.5. The van der Waals surface area contributed by atoms with Crippen LogP contribution < -0.4 is 0 Å². The second kappa shape index (κ2) is 10.1. The van der Waals surface area contributed by atoms with Gasteiger partial charge in [-0.05, 0) is 19.3 Å². The molecule has 0 bridgehead atoms. The van der Waals surface area contributed by atoms with Crippen molar-refractivity contribution in [3.05, 3.63) is 0 Å². The first kappa shape index (κ1) is 14.0. The number of hydrogen-bond acceptors (Lipinski definition) is 2. The molecule has 0 amide bonds. The molecular weight excluding hydrogens is 200 g/mol. The summed E-state index contributed by atoms with van der Waals surface area (Å²) >= 11 is 0. The molecule has 1 aliphatic rings. The lowest BCUT2D eigenvalue weighted by Gasteiger charge is -2.15. The highest BCUT2D eigenvalue weighted by Crippen LogP contribution is 2.16. The van der Waals surface area contributed by atoms with Gasteiger partial charge in [0, 0.05) is 0 Å². The molecule has 2 heteroatoms. The van der Waals surface area contributed by atoms with Crippen molar-refractivity contribution in [2.45, 2.75) is 83.7 Å². The summed E-state index contributed by atoms with van der Waals surface area (Å²) in [5, 5.41) is 0. The Morgan fingerprint density at radius 2 is 1.50 bits per heavy atom. The zero-order valence-corrected chi connectivity index (χ0v) is 10.9. The van der Waals surface area contributed by atoms with Crippen LogP contribution >= 0.6 is 0 Å². The highest BCUT2D eigenvalue weighted by atomic mass is 17.2. The van der Waals surface area contributed by atoms with E-state index in [1.165, 1.54) is 57.8 Å². The zero-order valence-electron chi connectivity index (χ0n) is 10.9. The summed E-state index contributed by atoms with van der Waals surface area (Å²) in [5.41, 5.74) is 0. The van der Waals surface area contributed by atoms with Crippen LogP contribution in [0.3, 0.4) is 0 Å². The van der Waals surface area contributed by atoms with Crippen LogP contribution in [0.1, 0.15) is 77.6 Å². The highest BCUT2D eigenvalue weighted by Gasteiger charge is 2.09. The lowest BCUT2D eigenvalue weighted by molar-refractivity contribution is -0.326. The van der Waals surface area contributed by atoms with Crippen LogP contribution in [0.2, 0.25) is 0 Å². The van der Waals surface area contributed by atoms with E-state index in [1.54, 1.807) is 0 Å². The largest absolute Gasteiger partial charge is 0.236 e. The van der Waals surface area contributed by atoms with Gasteiger partial charge in [0.25, 0.3) is 0 Å². The maximum absolute atomic E-state index is 5.50. The van der Waals surface area contributed by atoms with Crippen LogP contribution in [-0.4, -0.2) is 12.7 Å². The second-order valence-corrected chi connectivity index (χ2v) is 4.95. The maximum atomic E-state index is 5.50. The van der Waals surface area contributed by atoms with Crippen LogP contribution in [0.25, 0.3) is 0 Å². The molecule has 1 saturated heterocycles. The smallest absolute Gasteiger partial charge is 0.0929 e. The molecule has 1 heterocycles. The standard InChI is InChI=1S/C14H28O2/c1-2-11-14-12-9-7-5-3-4-6-8-10-13-15-16-14/h14H,2-13H2,1H3. The van der Waals surface area contributed by atoms with Gasteiger partial charge in [0.05, 0.1) is 12.7 Å². The van der Waals surface area contributed by atoms with Gasteiger partial charge in [0.15, 0.2) is 0 Å². The van der Waals surface area contributed by atoms with E-state index < -0.39 is 0 Å². The third-order valence-electron chi connectivity index (χ3n) is 3.32. The molecule has 0 N–H and O–H groups in total. The van der Waals surface area contributed by atoms with E-state index in [-0.39, 0.29) is 0 Å². The molecule has 2 nitrogen and oxygen atoms in total. The fourth-order valence-corrected chi connectivity index (χ4v) is 2.30. The molecule has 96 valence electrons. The van der Waals surface area contributed by atoms with Crippen LogP contribution in [0.5, 0.6) is 0 Å². The summed E-state index contributed by atoms with van der Waals surface area (Å²) in [5.74, 6) is 0. The first-order valence-corrected chi connectivity index (χ1v) is 7.21. The minimum Gasteiger partial charge on any atom is -0.236 e. The molecule has 16 heavy (non-hydrogen) atoms. The third-order valence-corrected chi connectivity index (χ3v) is 3.32. The molecule has 1 atom stereocenters. The van der Waals surface area contributed by atoms with Gasteiger partial charge < -0.3 is 0 Å². The van der Waals surface area contributed by atoms with E-state index in [2.05, 4.69) is 6.92 Å². The second-order valence-electron chi connectivity index (χ2n) is 4.95. The van der Waals surface area contributed by atoms with Crippen molar-refractivity contribution in [3.8, 4) is 0 Å². The molecule has 0 aromatic carbocycles. The van der Waals surface area contributed by atoms with E-state index in [0.717, 1.165) is 19.4 Å². The summed E-state index contributed by atoms with van der Waals surface area (Å²) in [6, 6.07) is 0. The Bertz CT molecular complexity index is 134. The Balaban J connectivity index is 2.20. The van der Waals surface area contributed by atoms with Gasteiger partial charge in [0.2, 0.25) is 0 Å². The molecular formula is C14H28O2. The Labute approximate surface area is 101 Å². The van der Waals surface area contributed by atoms with Crippen molar-refractivity contribution < 1.29 is 9.78 Å². The van der Waals surface area contributed by atoms with Gasteiger partial charge in [-0.1, -0.05) is 58.3 Å². The van der Waals surface area contributed by atoms with Gasteiger partial charge in [-0.15, -0.1) is 0 Å². The molecule has 1 unspecified atom stereocenters. The SMILES string of the molecule is CCCC1CCCCCCCCCCOO1. The maximum Gasteiger partial charge on any atom is 0.0929 e. The highest BCUT2D eigenvalue weighted by molar-refractivity contribution is 4.57. The molecule has 0 spiro atoms. The Hall–Kier alpha value is -0.0800. The fourth-order valence-electron chi connectivity index (χ4n) is 2.30. The molecule has 0 aromatic heterocycles. The fraction of sp³-hybridized carbons (Fsp3) is 1.00. The summed E-state index contributed by atoms with van der Waals surface area (Å²) in [6.07, 6.45) is 14.5.